The third-order valence-corrected chi connectivity index (χ3v) is 1.99. The molecule has 0 spiro atoms. The Morgan fingerprint density at radius 2 is 0.467 bits per heavy atom. The summed E-state index contributed by atoms with van der Waals surface area (Å²) in [6.45, 7) is 4.58. The topological polar surface area (TPSA) is 257 Å². The van der Waals surface area contributed by atoms with Crippen LogP contribution in [0.25, 0.3) is 0 Å². The average Bonchev–Trinajstić information content (AvgIpc) is 2.30. The van der Waals surface area contributed by atoms with Crippen molar-refractivity contribution in [3.8, 4) is 0 Å². The first-order valence-corrected chi connectivity index (χ1v) is 9.55. The van der Waals surface area contributed by atoms with Gasteiger partial charge in [0.1, 0.15) is 0 Å². The molecule has 0 aromatic rings. The molecule has 0 bridgehead atoms. The molecule has 0 heterocycles. The first kappa shape index (κ1) is 53.0. The molecule has 0 radical (unpaired) electrons. The largest absolute Gasteiger partial charge is 2.00 e. The zero-order valence-corrected chi connectivity index (χ0v) is 22.8. The summed E-state index contributed by atoms with van der Waals surface area (Å²) in [6.07, 6.45) is 0. The van der Waals surface area contributed by atoms with Crippen LogP contribution < -0.4 is 37.3 Å². The molecular formula is C12H34Cl2N4O10Pd2. The summed E-state index contributed by atoms with van der Waals surface area (Å²) in [5.74, 6) is 0. The first-order chi connectivity index (χ1) is 11.3. The van der Waals surface area contributed by atoms with Crippen molar-refractivity contribution < 1.29 is 110 Å². The maximum Gasteiger partial charge on any atom is 2.00 e. The fourth-order valence-electron chi connectivity index (χ4n) is 0.800. The number of hydrogen-bond acceptors (Lipinski definition) is 14. The monoisotopic (exact) mass is 676 g/mol. The van der Waals surface area contributed by atoms with Crippen LogP contribution in [0.5, 0.6) is 0 Å². The quantitative estimate of drug-likeness (QED) is 0.237. The zero-order chi connectivity index (χ0) is 22.1. The molecule has 14 nitrogen and oxygen atoms in total. The maximum absolute atomic E-state index is 8.49. The third kappa shape index (κ3) is 183. The SMILES string of the molecule is CN(C)CCN(C)C.CN(C)CCN(C)C.[O-][Cl+3]([O-])([O-])[O-].[O-][Cl+3]([O-])([O-])[O-].[OH-].[OH-].[Pd+2].[Pd+2]. The molecule has 0 fully saturated rings. The number of likely N-dealkylation sites (N-methyl/N-ethyl adjacent to an activating group) is 4. The van der Waals surface area contributed by atoms with E-state index in [1.807, 2.05) is 0 Å². The summed E-state index contributed by atoms with van der Waals surface area (Å²) in [7, 11) is 6.81. The molecule has 18 heteroatoms. The van der Waals surface area contributed by atoms with Crippen molar-refractivity contribution in [1.29, 1.82) is 0 Å². The van der Waals surface area contributed by atoms with E-state index in [9.17, 15) is 0 Å². The Kier molecular flexibility index (Phi) is 53.6. The van der Waals surface area contributed by atoms with Crippen molar-refractivity contribution >= 4 is 0 Å². The van der Waals surface area contributed by atoms with E-state index in [0.29, 0.717) is 0 Å². The van der Waals surface area contributed by atoms with E-state index in [-0.39, 0.29) is 51.8 Å². The van der Waals surface area contributed by atoms with Gasteiger partial charge < -0.3 is 30.6 Å². The molecule has 0 aliphatic carbocycles. The summed E-state index contributed by atoms with van der Waals surface area (Å²) in [5.41, 5.74) is 0. The van der Waals surface area contributed by atoms with Crippen LogP contribution in [0.15, 0.2) is 0 Å². The molecule has 0 aromatic heterocycles. The molecule has 0 rings (SSSR count). The van der Waals surface area contributed by atoms with Crippen LogP contribution in [-0.4, -0.2) is 113 Å². The molecule has 196 valence electrons. The minimum Gasteiger partial charge on any atom is -0.870 e. The first-order valence-electron chi connectivity index (χ1n) is 7.08. The fourth-order valence-corrected chi connectivity index (χ4v) is 0.800. The molecule has 0 atom stereocenters. The maximum atomic E-state index is 8.49. The summed E-state index contributed by atoms with van der Waals surface area (Å²) < 4.78 is 67.9. The Bertz CT molecular complexity index is 245. The van der Waals surface area contributed by atoms with Gasteiger partial charge in [-0.15, -0.1) is 20.5 Å². The Balaban J connectivity index is -0.0000000351. The second-order valence-corrected chi connectivity index (χ2v) is 7.48. The molecule has 2 N–H and O–H groups in total. The van der Waals surface area contributed by atoms with Gasteiger partial charge in [-0.1, -0.05) is 0 Å². The van der Waals surface area contributed by atoms with Gasteiger partial charge in [-0.3, -0.25) is 0 Å². The minimum absolute atomic E-state index is 0. The van der Waals surface area contributed by atoms with Crippen molar-refractivity contribution in [3.63, 3.8) is 0 Å². The van der Waals surface area contributed by atoms with Crippen LogP contribution in [0.1, 0.15) is 0 Å². The van der Waals surface area contributed by atoms with Crippen LogP contribution in [0.4, 0.5) is 0 Å². The predicted octanol–water partition coefficient (Wildman–Crippen LogP) is -9.65. The molecular weight excluding hydrogens is 644 g/mol. The average molecular weight is 678 g/mol. The van der Waals surface area contributed by atoms with Gasteiger partial charge >= 0.3 is 40.8 Å². The van der Waals surface area contributed by atoms with Crippen molar-refractivity contribution in [2.45, 2.75) is 0 Å². The van der Waals surface area contributed by atoms with Gasteiger partial charge in [-0.05, 0) is 56.4 Å². The molecule has 0 aromatic carbocycles. The van der Waals surface area contributed by atoms with Crippen molar-refractivity contribution in [3.05, 3.63) is 0 Å². The van der Waals surface area contributed by atoms with Crippen LogP contribution in [0.2, 0.25) is 0 Å². The molecule has 0 unspecified atom stereocenters. The predicted molar refractivity (Wildman–Crippen MR) is 78.1 cm³/mol. The van der Waals surface area contributed by atoms with E-state index in [0.717, 1.165) is 26.2 Å². The third-order valence-electron chi connectivity index (χ3n) is 1.99. The summed E-state index contributed by atoms with van der Waals surface area (Å²) in [4.78, 5) is 8.72. The number of nitrogens with zero attached hydrogens (tertiary/aromatic N) is 4. The summed E-state index contributed by atoms with van der Waals surface area (Å²) in [5, 5.41) is 0. The number of halogens is 2. The summed E-state index contributed by atoms with van der Waals surface area (Å²) >= 11 is 0. The summed E-state index contributed by atoms with van der Waals surface area (Å²) in [6, 6.07) is 0. The Morgan fingerprint density at radius 3 is 0.500 bits per heavy atom. The molecule has 0 saturated carbocycles. The Labute approximate surface area is 211 Å². The Hall–Kier alpha value is 1.34. The van der Waals surface area contributed by atoms with Crippen LogP contribution in [-0.2, 0) is 40.8 Å². The van der Waals surface area contributed by atoms with E-state index < -0.39 is 20.5 Å². The smallest absolute Gasteiger partial charge is 0.870 e. The van der Waals surface area contributed by atoms with Crippen LogP contribution in [0.3, 0.4) is 0 Å². The molecule has 0 aliphatic heterocycles. The van der Waals surface area contributed by atoms with Crippen molar-refractivity contribution in [2.75, 3.05) is 82.6 Å². The van der Waals surface area contributed by atoms with Gasteiger partial charge in [0.25, 0.3) is 0 Å². The number of hydrogen-bond donors (Lipinski definition) is 0. The van der Waals surface area contributed by atoms with E-state index in [1.54, 1.807) is 0 Å². The van der Waals surface area contributed by atoms with Crippen LogP contribution in [0, 0.1) is 20.5 Å². The molecule has 0 amide bonds. The van der Waals surface area contributed by atoms with Gasteiger partial charge in [0.15, 0.2) is 0 Å². The second kappa shape index (κ2) is 30.3. The van der Waals surface area contributed by atoms with E-state index in [2.05, 4.69) is 76.0 Å². The van der Waals surface area contributed by atoms with Gasteiger partial charge in [0, 0.05) is 26.2 Å². The van der Waals surface area contributed by atoms with Gasteiger partial charge in [0.2, 0.25) is 0 Å². The zero-order valence-electron chi connectivity index (χ0n) is 18.2. The fraction of sp³-hybridized carbons (Fsp3) is 1.00. The Morgan fingerprint density at radius 1 is 0.400 bits per heavy atom. The normalized spacial score (nSPS) is 10.0. The number of rotatable bonds is 6. The molecule has 30 heavy (non-hydrogen) atoms. The van der Waals surface area contributed by atoms with Crippen molar-refractivity contribution in [2.24, 2.45) is 0 Å². The van der Waals surface area contributed by atoms with Gasteiger partial charge in [0.05, 0.1) is 0 Å². The van der Waals surface area contributed by atoms with E-state index in [1.165, 1.54) is 0 Å². The van der Waals surface area contributed by atoms with E-state index >= 15 is 0 Å². The van der Waals surface area contributed by atoms with Crippen LogP contribution >= 0.6 is 0 Å². The second-order valence-electron chi connectivity index (χ2n) is 5.97. The van der Waals surface area contributed by atoms with Gasteiger partial charge in [-0.25, -0.2) is 37.3 Å². The van der Waals surface area contributed by atoms with E-state index in [4.69, 9.17) is 37.3 Å². The molecule has 0 saturated heterocycles. The molecule has 0 aliphatic rings. The minimum atomic E-state index is -4.94. The van der Waals surface area contributed by atoms with Gasteiger partial charge in [-0.2, -0.15) is 0 Å². The van der Waals surface area contributed by atoms with Crippen molar-refractivity contribution in [1.82, 2.24) is 19.6 Å². The standard InChI is InChI=1S/2C6H16N2.2ClHO4.2H2O.2Pd/c2*1-7(2)5-6-8(3)4;2*2-1(3,4)5;;;;/h2*5-6H2,1-4H3;2*(H,2,3,4,5);2*1H2;;/q;;;;;;2*+2/p-4.